The van der Waals surface area contributed by atoms with E-state index in [1.807, 2.05) is 6.07 Å². The molecule has 3 aromatic rings. The number of benzene rings is 1. The van der Waals surface area contributed by atoms with Gasteiger partial charge in [0.25, 0.3) is 11.5 Å². The van der Waals surface area contributed by atoms with Crippen LogP contribution in [-0.2, 0) is 28.2 Å². The van der Waals surface area contributed by atoms with E-state index in [9.17, 15) is 18.0 Å². The topological polar surface area (TPSA) is 140 Å². The molecule has 11 heteroatoms. The zero-order valence-electron chi connectivity index (χ0n) is 20.5. The summed E-state index contributed by atoms with van der Waals surface area (Å²) in [6, 6.07) is 12.0. The fraction of sp³-hybridized carbons (Fsp3) is 0.385. The van der Waals surface area contributed by atoms with Crippen molar-refractivity contribution in [1.29, 1.82) is 5.26 Å². The monoisotopic (exact) mass is 522 g/mol. The highest BCUT2D eigenvalue weighted by Crippen LogP contribution is 2.50. The Balaban J connectivity index is 1.37. The molecule has 192 valence electrons. The molecule has 0 atom stereocenters. The number of hydrogen-bond acceptors (Lipinski definition) is 8. The van der Waals surface area contributed by atoms with Crippen molar-refractivity contribution in [3.8, 4) is 11.9 Å². The smallest absolute Gasteiger partial charge is 0.263 e. The summed E-state index contributed by atoms with van der Waals surface area (Å²) in [6.07, 6.45) is 2.49. The van der Waals surface area contributed by atoms with Crippen molar-refractivity contribution in [3.05, 3.63) is 69.6 Å². The van der Waals surface area contributed by atoms with Crippen LogP contribution in [0, 0.1) is 11.3 Å². The quantitative estimate of drug-likeness (QED) is 0.473. The van der Waals surface area contributed by atoms with Crippen molar-refractivity contribution in [3.63, 3.8) is 0 Å². The Kier molecular flexibility index (Phi) is 6.04. The van der Waals surface area contributed by atoms with Gasteiger partial charge in [-0.05, 0) is 49.6 Å². The summed E-state index contributed by atoms with van der Waals surface area (Å²) in [7, 11) is -1.98. The highest BCUT2D eigenvalue weighted by Gasteiger charge is 2.64. The maximum atomic E-state index is 13.2. The lowest BCUT2D eigenvalue weighted by Crippen LogP contribution is -2.58. The highest BCUT2D eigenvalue weighted by atomic mass is 32.2. The van der Waals surface area contributed by atoms with Gasteiger partial charge in [-0.1, -0.05) is 12.1 Å². The summed E-state index contributed by atoms with van der Waals surface area (Å²) in [4.78, 5) is 30.2. The van der Waals surface area contributed by atoms with Gasteiger partial charge in [-0.2, -0.15) is 5.26 Å². The summed E-state index contributed by atoms with van der Waals surface area (Å²) < 4.78 is 37.0. The molecule has 1 aliphatic heterocycles. The second-order valence-corrected chi connectivity index (χ2v) is 12.7. The number of nitrogens with zero attached hydrogens (tertiary/aromatic N) is 3. The van der Waals surface area contributed by atoms with Gasteiger partial charge in [-0.3, -0.25) is 9.59 Å². The molecule has 0 radical (unpaired) electrons. The van der Waals surface area contributed by atoms with E-state index in [4.69, 9.17) is 14.7 Å². The third-order valence-corrected chi connectivity index (χ3v) is 10.4. The number of amides is 1. The standard InChI is InChI=1S/C26H26N4O6S/c1-25(14-35-15-25)37(33,34)26(8-9-26)16-36-23-21-19(7-10-28-23)11-20(24(32)30(21)2)22(31)29-13-18-5-3-17(12-27)4-6-18/h3-7,10-11H,8-9,13-16H2,1-2H3,(H,29,31). The van der Waals surface area contributed by atoms with Crippen molar-refractivity contribution in [2.45, 2.75) is 35.8 Å². The molecule has 3 heterocycles. The van der Waals surface area contributed by atoms with Crippen molar-refractivity contribution in [1.82, 2.24) is 14.9 Å². The van der Waals surface area contributed by atoms with E-state index >= 15 is 0 Å². The number of aryl methyl sites for hydroxylation is 1. The van der Waals surface area contributed by atoms with Crippen LogP contribution in [0.5, 0.6) is 5.88 Å². The van der Waals surface area contributed by atoms with Gasteiger partial charge in [0.2, 0.25) is 5.88 Å². The predicted molar refractivity (Wildman–Crippen MR) is 135 cm³/mol. The van der Waals surface area contributed by atoms with Gasteiger partial charge in [-0.25, -0.2) is 13.4 Å². The molecule has 0 spiro atoms. The molecule has 1 aliphatic carbocycles. The van der Waals surface area contributed by atoms with Crippen LogP contribution in [0.1, 0.15) is 41.3 Å². The van der Waals surface area contributed by atoms with Crippen LogP contribution in [0.15, 0.2) is 47.4 Å². The lowest BCUT2D eigenvalue weighted by molar-refractivity contribution is -0.00576. The number of carbonyl (C=O) groups excluding carboxylic acids is 1. The van der Waals surface area contributed by atoms with Crippen LogP contribution in [0.3, 0.4) is 0 Å². The summed E-state index contributed by atoms with van der Waals surface area (Å²) in [5, 5.41) is 12.2. The molecule has 1 amide bonds. The molecule has 1 N–H and O–H groups in total. The van der Waals surface area contributed by atoms with E-state index in [0.717, 1.165) is 5.56 Å². The molecule has 2 aromatic heterocycles. The second-order valence-electron chi connectivity index (χ2n) is 9.89. The zero-order chi connectivity index (χ0) is 26.4. The van der Waals surface area contributed by atoms with Crippen molar-refractivity contribution in [2.24, 2.45) is 7.05 Å². The minimum absolute atomic E-state index is 0.0417. The molecule has 37 heavy (non-hydrogen) atoms. The number of hydrogen-bond donors (Lipinski definition) is 1. The Labute approximate surface area is 213 Å². The Morgan fingerprint density at radius 2 is 1.95 bits per heavy atom. The Hall–Kier alpha value is -3.75. The summed E-state index contributed by atoms with van der Waals surface area (Å²) in [6.45, 7) is 2.16. The van der Waals surface area contributed by atoms with Crippen LogP contribution < -0.4 is 15.6 Å². The summed E-state index contributed by atoms with van der Waals surface area (Å²) in [5.41, 5.74) is 1.11. The van der Waals surface area contributed by atoms with Gasteiger partial charge in [0.05, 0.1) is 24.8 Å². The molecule has 2 fully saturated rings. The minimum Gasteiger partial charge on any atom is -0.474 e. The van der Waals surface area contributed by atoms with Gasteiger partial charge in [-0.15, -0.1) is 0 Å². The van der Waals surface area contributed by atoms with E-state index < -0.39 is 30.8 Å². The normalized spacial score (nSPS) is 17.4. The van der Waals surface area contributed by atoms with Crippen LogP contribution in [-0.4, -0.2) is 53.2 Å². The number of nitrogens with one attached hydrogen (secondary N) is 1. The van der Waals surface area contributed by atoms with Crippen molar-refractivity contribution >= 4 is 26.6 Å². The number of pyridine rings is 2. The van der Waals surface area contributed by atoms with Crippen LogP contribution in [0.25, 0.3) is 10.9 Å². The Morgan fingerprint density at radius 1 is 1.24 bits per heavy atom. The highest BCUT2D eigenvalue weighted by molar-refractivity contribution is 7.94. The number of fused-ring (bicyclic) bond motifs is 1. The number of carbonyl (C=O) groups is 1. The van der Waals surface area contributed by atoms with Crippen molar-refractivity contribution < 1.29 is 22.7 Å². The second kappa shape index (κ2) is 8.97. The van der Waals surface area contributed by atoms with E-state index in [2.05, 4.69) is 10.3 Å². The van der Waals surface area contributed by atoms with E-state index in [1.165, 1.54) is 23.9 Å². The zero-order valence-corrected chi connectivity index (χ0v) is 21.3. The average molecular weight is 523 g/mol. The maximum absolute atomic E-state index is 13.2. The molecule has 2 aliphatic rings. The summed E-state index contributed by atoms with van der Waals surface area (Å²) in [5.74, 6) is -0.400. The van der Waals surface area contributed by atoms with Crippen LogP contribution in [0.2, 0.25) is 0 Å². The Morgan fingerprint density at radius 3 is 2.54 bits per heavy atom. The first-order valence-corrected chi connectivity index (χ1v) is 13.3. The first-order valence-electron chi connectivity index (χ1n) is 11.8. The Bertz CT molecular complexity index is 1600. The van der Waals surface area contributed by atoms with Gasteiger partial charge >= 0.3 is 0 Å². The average Bonchev–Trinajstić information content (AvgIpc) is 3.68. The molecule has 0 unspecified atom stereocenters. The van der Waals surface area contributed by atoms with E-state index in [-0.39, 0.29) is 37.8 Å². The number of sulfone groups is 1. The number of aromatic nitrogens is 2. The van der Waals surface area contributed by atoms with Crippen LogP contribution >= 0.6 is 0 Å². The fourth-order valence-corrected chi connectivity index (χ4v) is 6.92. The molecule has 1 saturated heterocycles. The molecular weight excluding hydrogens is 496 g/mol. The molecule has 10 nitrogen and oxygen atoms in total. The molecule has 1 aromatic carbocycles. The fourth-order valence-electron chi connectivity index (χ4n) is 4.54. The number of rotatable bonds is 8. The largest absolute Gasteiger partial charge is 0.474 e. The first-order chi connectivity index (χ1) is 17.6. The number of nitriles is 1. The predicted octanol–water partition coefficient (Wildman–Crippen LogP) is 1.85. The minimum atomic E-state index is -3.50. The number of ether oxygens (including phenoxy) is 2. The molecular formula is C26H26N4O6S. The van der Waals surface area contributed by atoms with Crippen LogP contribution in [0.4, 0.5) is 0 Å². The van der Waals surface area contributed by atoms with E-state index in [0.29, 0.717) is 29.3 Å². The van der Waals surface area contributed by atoms with Gasteiger partial charge in [0, 0.05) is 25.2 Å². The van der Waals surface area contributed by atoms with Crippen molar-refractivity contribution in [2.75, 3.05) is 19.8 Å². The van der Waals surface area contributed by atoms with Gasteiger partial charge in [0.15, 0.2) is 9.84 Å². The van der Waals surface area contributed by atoms with Gasteiger partial charge < -0.3 is 19.4 Å². The lowest BCUT2D eigenvalue weighted by Gasteiger charge is -2.40. The molecule has 5 rings (SSSR count). The van der Waals surface area contributed by atoms with E-state index in [1.54, 1.807) is 37.3 Å². The molecule has 0 bridgehead atoms. The SMILES string of the molecule is Cn1c(=O)c(C(=O)NCc2ccc(C#N)cc2)cc2ccnc(OCC3(S(=O)(=O)C4(C)COC4)CC3)c21. The third-order valence-electron chi connectivity index (χ3n) is 7.19. The van der Waals surface area contributed by atoms with Gasteiger partial charge in [0.1, 0.15) is 27.2 Å². The summed E-state index contributed by atoms with van der Waals surface area (Å²) >= 11 is 0. The third kappa shape index (κ3) is 4.16. The molecule has 1 saturated carbocycles. The lowest BCUT2D eigenvalue weighted by atomic mass is 10.1. The maximum Gasteiger partial charge on any atom is 0.263 e. The first kappa shape index (κ1) is 24.9.